The Morgan fingerprint density at radius 3 is 2.71 bits per heavy atom. The molecule has 4 nitrogen and oxygen atoms in total. The van der Waals surface area contributed by atoms with Gasteiger partial charge in [-0.05, 0) is 49.8 Å². The molecular weight excluding hydrogens is 290 g/mol. The van der Waals surface area contributed by atoms with Crippen LogP contribution in [0.25, 0.3) is 0 Å². The fraction of sp³-hybridized carbons (Fsp3) is 0.562. The molecule has 1 aliphatic rings. The van der Waals surface area contributed by atoms with Gasteiger partial charge in [0.15, 0.2) is 0 Å². The zero-order valence-electron chi connectivity index (χ0n) is 12.5. The van der Waals surface area contributed by atoms with Crippen molar-refractivity contribution in [2.24, 2.45) is 5.92 Å². The number of nitrogens with one attached hydrogen (secondary N) is 1. The fourth-order valence-electron chi connectivity index (χ4n) is 2.80. The van der Waals surface area contributed by atoms with Crippen LogP contribution in [0, 0.1) is 5.92 Å². The minimum Gasteiger partial charge on any atom is -0.496 e. The SMILES string of the molecule is COc1cc(Cl)ccc1C(=O)NC1(CO)CCC(C)CC1. The quantitative estimate of drug-likeness (QED) is 0.898. The highest BCUT2D eigenvalue weighted by atomic mass is 35.5. The maximum atomic E-state index is 12.5. The molecule has 0 aromatic heterocycles. The monoisotopic (exact) mass is 311 g/mol. The second kappa shape index (κ2) is 6.67. The molecule has 2 rings (SSSR count). The average molecular weight is 312 g/mol. The van der Waals surface area contributed by atoms with Crippen LogP contribution >= 0.6 is 11.6 Å². The maximum absolute atomic E-state index is 12.5. The third-order valence-corrected chi connectivity index (χ3v) is 4.56. The van der Waals surface area contributed by atoms with Crippen molar-refractivity contribution in [2.75, 3.05) is 13.7 Å². The first-order valence-corrected chi connectivity index (χ1v) is 7.64. The number of aliphatic hydroxyl groups is 1. The van der Waals surface area contributed by atoms with Crippen LogP contribution in [0.3, 0.4) is 0 Å². The number of hydrogen-bond acceptors (Lipinski definition) is 3. The number of halogens is 1. The Bertz CT molecular complexity index is 510. The Kier molecular flexibility index (Phi) is 5.12. The number of amides is 1. The van der Waals surface area contributed by atoms with E-state index in [9.17, 15) is 9.90 Å². The molecule has 1 aliphatic carbocycles. The lowest BCUT2D eigenvalue weighted by atomic mass is 9.77. The normalized spacial score (nSPS) is 25.4. The van der Waals surface area contributed by atoms with Crippen molar-refractivity contribution >= 4 is 17.5 Å². The summed E-state index contributed by atoms with van der Waals surface area (Å²) in [6, 6.07) is 4.92. The Morgan fingerprint density at radius 1 is 1.48 bits per heavy atom. The van der Waals surface area contributed by atoms with Crippen LogP contribution in [0.15, 0.2) is 18.2 Å². The van der Waals surface area contributed by atoms with E-state index in [4.69, 9.17) is 16.3 Å². The van der Waals surface area contributed by atoms with E-state index in [0.717, 1.165) is 25.7 Å². The van der Waals surface area contributed by atoms with Crippen LogP contribution in [0.2, 0.25) is 5.02 Å². The highest BCUT2D eigenvalue weighted by Gasteiger charge is 2.35. The number of carbonyl (C=O) groups is 1. The second-order valence-electron chi connectivity index (χ2n) is 5.92. The predicted molar refractivity (Wildman–Crippen MR) is 82.9 cm³/mol. The van der Waals surface area contributed by atoms with Gasteiger partial charge in [0.2, 0.25) is 0 Å². The molecule has 0 radical (unpaired) electrons. The van der Waals surface area contributed by atoms with E-state index in [0.29, 0.717) is 22.3 Å². The molecule has 0 bridgehead atoms. The fourth-order valence-corrected chi connectivity index (χ4v) is 2.96. The lowest BCUT2D eigenvalue weighted by Crippen LogP contribution is -2.53. The van der Waals surface area contributed by atoms with Crippen molar-refractivity contribution in [1.29, 1.82) is 0 Å². The molecule has 21 heavy (non-hydrogen) atoms. The molecule has 1 aromatic rings. The molecule has 0 atom stereocenters. The van der Waals surface area contributed by atoms with Crippen LogP contribution < -0.4 is 10.1 Å². The molecule has 0 heterocycles. The summed E-state index contributed by atoms with van der Waals surface area (Å²) < 4.78 is 5.21. The minimum atomic E-state index is -0.520. The van der Waals surface area contributed by atoms with E-state index in [1.54, 1.807) is 18.2 Å². The van der Waals surface area contributed by atoms with E-state index in [2.05, 4.69) is 12.2 Å². The molecule has 0 unspecified atom stereocenters. The molecule has 1 aromatic carbocycles. The van der Waals surface area contributed by atoms with Crippen molar-refractivity contribution < 1.29 is 14.6 Å². The van der Waals surface area contributed by atoms with E-state index >= 15 is 0 Å². The van der Waals surface area contributed by atoms with Crippen LogP contribution in [-0.4, -0.2) is 30.3 Å². The Hall–Kier alpha value is -1.26. The van der Waals surface area contributed by atoms with Crippen LogP contribution in [0.5, 0.6) is 5.75 Å². The summed E-state index contributed by atoms with van der Waals surface area (Å²) in [4.78, 5) is 12.5. The molecule has 5 heteroatoms. The number of rotatable bonds is 4. The van der Waals surface area contributed by atoms with Crippen molar-refractivity contribution in [2.45, 2.75) is 38.1 Å². The molecular formula is C16H22ClNO3. The number of methoxy groups -OCH3 is 1. The molecule has 1 fully saturated rings. The zero-order valence-corrected chi connectivity index (χ0v) is 13.2. The van der Waals surface area contributed by atoms with Gasteiger partial charge < -0.3 is 15.2 Å². The van der Waals surface area contributed by atoms with Gasteiger partial charge in [0.25, 0.3) is 5.91 Å². The minimum absolute atomic E-state index is 0.0403. The summed E-state index contributed by atoms with van der Waals surface area (Å²) in [6.45, 7) is 2.16. The van der Waals surface area contributed by atoms with Crippen molar-refractivity contribution in [1.82, 2.24) is 5.32 Å². The summed E-state index contributed by atoms with van der Waals surface area (Å²) >= 11 is 5.91. The van der Waals surface area contributed by atoms with E-state index in [1.165, 1.54) is 7.11 Å². The number of aliphatic hydroxyl groups excluding tert-OH is 1. The van der Waals surface area contributed by atoms with Crippen molar-refractivity contribution in [3.05, 3.63) is 28.8 Å². The van der Waals surface area contributed by atoms with Gasteiger partial charge in [0.1, 0.15) is 5.75 Å². The number of ether oxygens (including phenoxy) is 1. The summed E-state index contributed by atoms with van der Waals surface area (Å²) in [6.07, 6.45) is 3.62. The van der Waals surface area contributed by atoms with Gasteiger partial charge >= 0.3 is 0 Å². The largest absolute Gasteiger partial charge is 0.496 e. The number of carbonyl (C=O) groups excluding carboxylic acids is 1. The molecule has 116 valence electrons. The predicted octanol–water partition coefficient (Wildman–Crippen LogP) is 3.02. The maximum Gasteiger partial charge on any atom is 0.255 e. The van der Waals surface area contributed by atoms with Gasteiger partial charge in [-0.2, -0.15) is 0 Å². The van der Waals surface area contributed by atoms with Gasteiger partial charge in [-0.25, -0.2) is 0 Å². The van der Waals surface area contributed by atoms with Gasteiger partial charge in [-0.15, -0.1) is 0 Å². The number of benzene rings is 1. The molecule has 2 N–H and O–H groups in total. The second-order valence-corrected chi connectivity index (χ2v) is 6.36. The summed E-state index contributed by atoms with van der Waals surface area (Å²) in [5, 5.41) is 13.2. The third kappa shape index (κ3) is 3.69. The Labute approximate surface area is 130 Å². The lowest BCUT2D eigenvalue weighted by Gasteiger charge is -2.38. The van der Waals surface area contributed by atoms with Gasteiger partial charge in [0.05, 0.1) is 24.8 Å². The lowest BCUT2D eigenvalue weighted by molar-refractivity contribution is 0.0714. The summed E-state index contributed by atoms with van der Waals surface area (Å²) in [5.74, 6) is 0.857. The molecule has 1 saturated carbocycles. The smallest absolute Gasteiger partial charge is 0.255 e. The Balaban J connectivity index is 2.16. The highest BCUT2D eigenvalue weighted by molar-refractivity contribution is 6.30. The zero-order chi connectivity index (χ0) is 15.5. The van der Waals surface area contributed by atoms with E-state index in [1.807, 2.05) is 0 Å². The van der Waals surface area contributed by atoms with E-state index < -0.39 is 5.54 Å². The molecule has 0 aliphatic heterocycles. The van der Waals surface area contributed by atoms with Gasteiger partial charge in [-0.3, -0.25) is 4.79 Å². The molecule has 0 saturated heterocycles. The Morgan fingerprint density at radius 2 is 2.14 bits per heavy atom. The summed E-state index contributed by atoms with van der Waals surface area (Å²) in [7, 11) is 1.51. The standard InChI is InChI=1S/C16H22ClNO3/c1-11-5-7-16(10-19,8-6-11)18-15(20)13-4-3-12(17)9-14(13)21-2/h3-4,9,11,19H,5-8,10H2,1-2H3,(H,18,20). The van der Waals surface area contributed by atoms with Gasteiger partial charge in [0, 0.05) is 5.02 Å². The third-order valence-electron chi connectivity index (χ3n) is 4.32. The van der Waals surface area contributed by atoms with Crippen molar-refractivity contribution in [3.8, 4) is 5.75 Å². The molecule has 0 spiro atoms. The van der Waals surface area contributed by atoms with Crippen LogP contribution in [-0.2, 0) is 0 Å². The van der Waals surface area contributed by atoms with E-state index in [-0.39, 0.29) is 12.5 Å². The first kappa shape index (κ1) is 16.1. The number of hydrogen-bond donors (Lipinski definition) is 2. The van der Waals surface area contributed by atoms with Crippen LogP contribution in [0.4, 0.5) is 0 Å². The highest BCUT2D eigenvalue weighted by Crippen LogP contribution is 2.32. The van der Waals surface area contributed by atoms with Crippen LogP contribution in [0.1, 0.15) is 43.0 Å². The first-order chi connectivity index (χ1) is 9.99. The first-order valence-electron chi connectivity index (χ1n) is 7.26. The van der Waals surface area contributed by atoms with Crippen molar-refractivity contribution in [3.63, 3.8) is 0 Å². The van der Waals surface area contributed by atoms with Gasteiger partial charge in [-0.1, -0.05) is 18.5 Å². The topological polar surface area (TPSA) is 58.6 Å². The average Bonchev–Trinajstić information content (AvgIpc) is 2.49. The summed E-state index contributed by atoms with van der Waals surface area (Å²) in [5.41, 5.74) is -0.0813. The molecule has 1 amide bonds.